The molecule has 1 aliphatic heterocycles. The van der Waals surface area contributed by atoms with Gasteiger partial charge in [0.05, 0.1) is 11.1 Å². The van der Waals surface area contributed by atoms with E-state index in [0.29, 0.717) is 53.5 Å². The fraction of sp³-hybridized carbons (Fsp3) is 0.200. The van der Waals surface area contributed by atoms with Crippen LogP contribution in [0.5, 0.6) is 11.5 Å². The zero-order valence-corrected chi connectivity index (χ0v) is 27.1. The molecule has 0 aliphatic carbocycles. The maximum absolute atomic E-state index is 13.7. The third kappa shape index (κ3) is 5.98. The SMILES string of the molecule is CCC(N)(CC)Cn1cc(C2=C(c3c[nH]c4ccc(OCc5ccccc5)cc34)C(=O)NC2=O)c2cc(OCc3ccccc3)ccc21. The average Bonchev–Trinajstić information content (AvgIpc) is 3.78. The highest BCUT2D eigenvalue weighted by Gasteiger charge is 2.35. The molecule has 8 heteroatoms. The number of aromatic nitrogens is 2. The van der Waals surface area contributed by atoms with Crippen LogP contribution in [-0.2, 0) is 29.3 Å². The van der Waals surface area contributed by atoms with Crippen molar-refractivity contribution in [3.05, 3.63) is 132 Å². The highest BCUT2D eigenvalue weighted by molar-refractivity contribution is 6.50. The van der Waals surface area contributed by atoms with Crippen molar-refractivity contribution in [3.8, 4) is 11.5 Å². The third-order valence-electron chi connectivity index (χ3n) is 9.37. The van der Waals surface area contributed by atoms with Crippen molar-refractivity contribution >= 4 is 44.8 Å². The number of nitrogens with two attached hydrogens (primary N) is 1. The lowest BCUT2D eigenvalue weighted by molar-refractivity contribution is -0.122. The molecule has 0 radical (unpaired) electrons. The van der Waals surface area contributed by atoms with Crippen molar-refractivity contribution in [1.82, 2.24) is 14.9 Å². The second-order valence-corrected chi connectivity index (χ2v) is 12.4. The van der Waals surface area contributed by atoms with Crippen molar-refractivity contribution < 1.29 is 19.1 Å². The number of fused-ring (bicyclic) bond motifs is 2. The van der Waals surface area contributed by atoms with E-state index < -0.39 is 17.4 Å². The minimum Gasteiger partial charge on any atom is -0.489 e. The number of carbonyl (C=O) groups is 2. The minimum atomic E-state index is -0.445. The average molecular weight is 639 g/mol. The molecule has 0 saturated carbocycles. The number of hydrogen-bond acceptors (Lipinski definition) is 5. The van der Waals surface area contributed by atoms with Gasteiger partial charge in [-0.05, 0) is 60.4 Å². The Morgan fingerprint density at radius 3 is 1.88 bits per heavy atom. The quantitative estimate of drug-likeness (QED) is 0.121. The lowest BCUT2D eigenvalue weighted by Gasteiger charge is -2.27. The van der Waals surface area contributed by atoms with Gasteiger partial charge in [0, 0.05) is 57.4 Å². The van der Waals surface area contributed by atoms with Crippen LogP contribution in [0.1, 0.15) is 48.9 Å². The Bertz CT molecular complexity index is 2160. The molecule has 0 fully saturated rings. The van der Waals surface area contributed by atoms with E-state index in [9.17, 15) is 9.59 Å². The fourth-order valence-electron chi connectivity index (χ4n) is 6.36. The summed E-state index contributed by atoms with van der Waals surface area (Å²) in [5, 5.41) is 4.16. The Morgan fingerprint density at radius 2 is 1.27 bits per heavy atom. The van der Waals surface area contributed by atoms with E-state index in [1.54, 1.807) is 6.20 Å². The molecule has 6 aromatic rings. The van der Waals surface area contributed by atoms with E-state index in [2.05, 4.69) is 28.7 Å². The van der Waals surface area contributed by atoms with E-state index >= 15 is 0 Å². The Labute approximate surface area is 279 Å². The summed E-state index contributed by atoms with van der Waals surface area (Å²) in [7, 11) is 0. The first kappa shape index (κ1) is 31.0. The molecule has 0 atom stereocenters. The largest absolute Gasteiger partial charge is 0.489 e. The Hall–Kier alpha value is -5.60. The summed E-state index contributed by atoms with van der Waals surface area (Å²) >= 11 is 0. The molecular weight excluding hydrogens is 600 g/mol. The number of ether oxygens (including phenoxy) is 2. The number of rotatable bonds is 12. The standard InChI is InChI=1S/C40H38N4O4/c1-3-40(41,4-2)25-44-22-33(31-20-29(16-18-35(31)44)48-24-27-13-9-6-10-14-27)37-36(38(45)43-39(37)46)32-21-42-34-17-15-28(19-30(32)34)47-23-26-11-7-5-8-12-26/h5-22,42H,3-4,23-25,41H2,1-2H3,(H,43,45,46). The van der Waals surface area contributed by atoms with Gasteiger partial charge < -0.3 is 24.8 Å². The molecule has 3 heterocycles. The zero-order chi connectivity index (χ0) is 33.3. The topological polar surface area (TPSA) is 111 Å². The van der Waals surface area contributed by atoms with Gasteiger partial charge in [0.1, 0.15) is 24.7 Å². The second kappa shape index (κ2) is 12.9. The van der Waals surface area contributed by atoms with Crippen LogP contribution in [0, 0.1) is 0 Å². The van der Waals surface area contributed by atoms with E-state index in [-0.39, 0.29) is 0 Å². The van der Waals surface area contributed by atoms with Gasteiger partial charge >= 0.3 is 0 Å². The third-order valence-corrected chi connectivity index (χ3v) is 9.37. The van der Waals surface area contributed by atoms with Gasteiger partial charge in [-0.1, -0.05) is 74.5 Å². The summed E-state index contributed by atoms with van der Waals surface area (Å²) in [5.74, 6) is 0.434. The molecule has 8 nitrogen and oxygen atoms in total. The molecule has 242 valence electrons. The lowest BCUT2D eigenvalue weighted by atomic mass is 9.94. The molecule has 1 aliphatic rings. The molecule has 0 spiro atoms. The number of aromatic amines is 1. The smallest absolute Gasteiger partial charge is 0.259 e. The number of carbonyl (C=O) groups excluding carboxylic acids is 2. The predicted molar refractivity (Wildman–Crippen MR) is 189 cm³/mol. The van der Waals surface area contributed by atoms with Crippen LogP contribution in [0.4, 0.5) is 0 Å². The van der Waals surface area contributed by atoms with Gasteiger partial charge in [0.25, 0.3) is 11.8 Å². The van der Waals surface area contributed by atoms with Gasteiger partial charge in [0.2, 0.25) is 0 Å². The van der Waals surface area contributed by atoms with Crippen LogP contribution in [0.25, 0.3) is 33.0 Å². The molecule has 0 bridgehead atoms. The number of nitrogens with zero attached hydrogens (tertiary/aromatic N) is 1. The van der Waals surface area contributed by atoms with E-state index in [1.165, 1.54) is 0 Å². The highest BCUT2D eigenvalue weighted by Crippen LogP contribution is 2.40. The highest BCUT2D eigenvalue weighted by atomic mass is 16.5. The fourth-order valence-corrected chi connectivity index (χ4v) is 6.36. The minimum absolute atomic E-state index is 0.311. The van der Waals surface area contributed by atoms with Crippen LogP contribution >= 0.6 is 0 Å². The molecule has 48 heavy (non-hydrogen) atoms. The summed E-state index contributed by atoms with van der Waals surface area (Å²) in [6, 6.07) is 31.5. The van der Waals surface area contributed by atoms with Crippen LogP contribution in [-0.4, -0.2) is 26.9 Å². The monoisotopic (exact) mass is 638 g/mol. The maximum Gasteiger partial charge on any atom is 0.259 e. The van der Waals surface area contributed by atoms with Gasteiger partial charge in [-0.15, -0.1) is 0 Å². The first-order chi connectivity index (χ1) is 23.4. The normalized spacial score (nSPS) is 13.5. The molecule has 4 aromatic carbocycles. The van der Waals surface area contributed by atoms with Gasteiger partial charge in [-0.25, -0.2) is 0 Å². The lowest BCUT2D eigenvalue weighted by Crippen LogP contribution is -2.42. The zero-order valence-electron chi connectivity index (χ0n) is 27.1. The first-order valence-electron chi connectivity index (χ1n) is 16.3. The summed E-state index contributed by atoms with van der Waals surface area (Å²) in [6.45, 7) is 5.53. The maximum atomic E-state index is 13.7. The number of imide groups is 1. The predicted octanol–water partition coefficient (Wildman–Crippen LogP) is 7.37. The molecule has 0 saturated heterocycles. The van der Waals surface area contributed by atoms with Crippen molar-refractivity contribution in [2.75, 3.05) is 0 Å². The van der Waals surface area contributed by atoms with E-state index in [1.807, 2.05) is 103 Å². The summed E-state index contributed by atoms with van der Waals surface area (Å²) < 4.78 is 14.4. The van der Waals surface area contributed by atoms with E-state index in [0.717, 1.165) is 45.8 Å². The molecule has 7 rings (SSSR count). The summed E-state index contributed by atoms with van der Waals surface area (Å²) in [4.78, 5) is 30.6. The van der Waals surface area contributed by atoms with Crippen LogP contribution in [0.2, 0.25) is 0 Å². The van der Waals surface area contributed by atoms with Crippen LogP contribution in [0.3, 0.4) is 0 Å². The summed E-state index contributed by atoms with van der Waals surface area (Å²) in [5.41, 5.74) is 12.1. The van der Waals surface area contributed by atoms with E-state index in [4.69, 9.17) is 15.2 Å². The molecule has 2 aromatic heterocycles. The van der Waals surface area contributed by atoms with Crippen molar-refractivity contribution in [2.24, 2.45) is 5.73 Å². The first-order valence-corrected chi connectivity index (χ1v) is 16.3. The Balaban J connectivity index is 1.34. The van der Waals surface area contributed by atoms with Gasteiger partial charge in [-0.3, -0.25) is 14.9 Å². The van der Waals surface area contributed by atoms with Gasteiger partial charge in [-0.2, -0.15) is 0 Å². The Kier molecular flexibility index (Phi) is 8.33. The number of H-pyrrole nitrogens is 1. The number of hydrogen-bond donors (Lipinski definition) is 3. The number of benzene rings is 4. The second-order valence-electron chi connectivity index (χ2n) is 12.4. The molecule has 0 unspecified atom stereocenters. The Morgan fingerprint density at radius 1 is 0.708 bits per heavy atom. The molecule has 4 N–H and O–H groups in total. The molecular formula is C40H38N4O4. The number of nitrogens with one attached hydrogen (secondary N) is 2. The van der Waals surface area contributed by atoms with Crippen molar-refractivity contribution in [2.45, 2.75) is 52.0 Å². The van der Waals surface area contributed by atoms with Crippen LogP contribution < -0.4 is 20.5 Å². The van der Waals surface area contributed by atoms with Crippen molar-refractivity contribution in [1.29, 1.82) is 0 Å². The van der Waals surface area contributed by atoms with Gasteiger partial charge in [0.15, 0.2) is 0 Å². The number of amides is 2. The van der Waals surface area contributed by atoms with Crippen LogP contribution in [0.15, 0.2) is 109 Å². The molecule has 2 amide bonds. The summed E-state index contributed by atoms with van der Waals surface area (Å²) in [6.07, 6.45) is 5.31. The van der Waals surface area contributed by atoms with Crippen molar-refractivity contribution in [3.63, 3.8) is 0 Å².